The van der Waals surface area contributed by atoms with Crippen LogP contribution in [-0.4, -0.2) is 33.8 Å². The molecule has 1 aromatic carbocycles. The molecule has 2 aliphatic heterocycles. The Hall–Kier alpha value is -1.25. The smallest absolute Gasteiger partial charge is 0.129 e. The van der Waals surface area contributed by atoms with Crippen molar-refractivity contribution >= 4 is 24.8 Å². The fourth-order valence-corrected chi connectivity index (χ4v) is 3.50. The van der Waals surface area contributed by atoms with Crippen molar-refractivity contribution in [3.8, 4) is 0 Å². The number of aromatic nitrogens is 2. The number of rotatable bonds is 2. The average molecular weight is 393 g/mol. The number of nitrogens with zero attached hydrogens (tertiary/aromatic N) is 2. The fourth-order valence-electron chi connectivity index (χ4n) is 3.50. The van der Waals surface area contributed by atoms with Crippen LogP contribution in [0.5, 0.6) is 0 Å². The molecule has 5 nitrogen and oxygen atoms in total. The molecule has 0 aliphatic carbocycles. The minimum Gasteiger partial charge on any atom is -0.370 e. The summed E-state index contributed by atoms with van der Waals surface area (Å²) in [6, 6.07) is 3.18. The van der Waals surface area contributed by atoms with E-state index >= 15 is 0 Å². The standard InChI is InChI=1S/C16H18F2N4O.2ClH/c17-10-1-2-13(18)12(3-10)16-14(19)4-11(8-23-16)22-6-9-5-20-21-15(9)7-22;;/h1-3,5,11,14,16H,4,6-8,19H2,(H,20,21);2*1H/t11-,14+,16-;;/m1../s1. The maximum absolute atomic E-state index is 13.9. The summed E-state index contributed by atoms with van der Waals surface area (Å²) in [5.41, 5.74) is 8.72. The minimum atomic E-state index is -0.607. The third-order valence-electron chi connectivity index (χ3n) is 4.72. The summed E-state index contributed by atoms with van der Waals surface area (Å²) < 4.78 is 33.1. The molecule has 1 fully saturated rings. The van der Waals surface area contributed by atoms with E-state index in [1.807, 2.05) is 6.20 Å². The van der Waals surface area contributed by atoms with Gasteiger partial charge in [-0.25, -0.2) is 8.78 Å². The second-order valence-electron chi connectivity index (χ2n) is 6.25. The van der Waals surface area contributed by atoms with E-state index in [-0.39, 0.29) is 42.5 Å². The van der Waals surface area contributed by atoms with Crippen molar-refractivity contribution in [2.24, 2.45) is 5.73 Å². The molecule has 1 aromatic heterocycles. The molecule has 138 valence electrons. The zero-order valence-corrected chi connectivity index (χ0v) is 15.0. The van der Waals surface area contributed by atoms with Crippen LogP contribution in [0.1, 0.15) is 29.3 Å². The lowest BCUT2D eigenvalue weighted by atomic mass is 9.93. The SMILES string of the molecule is Cl.Cl.N[C@H]1C[C@@H](N2Cc3cn[nH]c3C2)CO[C@@H]1c1cc(F)ccc1F. The molecule has 0 unspecified atom stereocenters. The van der Waals surface area contributed by atoms with Crippen LogP contribution in [0.25, 0.3) is 0 Å². The summed E-state index contributed by atoms with van der Waals surface area (Å²) in [4.78, 5) is 2.28. The van der Waals surface area contributed by atoms with Crippen LogP contribution in [0.15, 0.2) is 24.4 Å². The van der Waals surface area contributed by atoms with Crippen LogP contribution in [0.3, 0.4) is 0 Å². The number of nitrogens with one attached hydrogen (secondary N) is 1. The van der Waals surface area contributed by atoms with E-state index < -0.39 is 17.7 Å². The van der Waals surface area contributed by atoms with E-state index in [0.717, 1.165) is 30.9 Å². The van der Waals surface area contributed by atoms with Gasteiger partial charge in [-0.3, -0.25) is 10.00 Å². The van der Waals surface area contributed by atoms with Crippen molar-refractivity contribution in [1.82, 2.24) is 15.1 Å². The number of H-pyrrole nitrogens is 1. The number of nitrogens with two attached hydrogens (primary N) is 1. The molecular formula is C16H20Cl2F2N4O. The molecule has 4 rings (SSSR count). The summed E-state index contributed by atoms with van der Waals surface area (Å²) in [6.07, 6.45) is 1.91. The summed E-state index contributed by atoms with van der Waals surface area (Å²) >= 11 is 0. The Morgan fingerprint density at radius 3 is 2.76 bits per heavy atom. The molecule has 3 heterocycles. The van der Waals surface area contributed by atoms with E-state index in [2.05, 4.69) is 15.1 Å². The largest absolute Gasteiger partial charge is 0.370 e. The Labute approximate surface area is 156 Å². The number of hydrogen-bond acceptors (Lipinski definition) is 4. The zero-order chi connectivity index (χ0) is 16.0. The predicted octanol–water partition coefficient (Wildman–Crippen LogP) is 2.70. The van der Waals surface area contributed by atoms with Gasteiger partial charge in [0.25, 0.3) is 0 Å². The molecular weight excluding hydrogens is 373 g/mol. The summed E-state index contributed by atoms with van der Waals surface area (Å²) in [6.45, 7) is 2.05. The van der Waals surface area contributed by atoms with Crippen LogP contribution >= 0.6 is 24.8 Å². The predicted molar refractivity (Wildman–Crippen MR) is 93.8 cm³/mol. The van der Waals surface area contributed by atoms with Gasteiger partial charge in [0, 0.05) is 36.3 Å². The normalized spacial score (nSPS) is 25.8. The van der Waals surface area contributed by atoms with Crippen molar-refractivity contribution in [1.29, 1.82) is 0 Å². The van der Waals surface area contributed by atoms with E-state index in [1.54, 1.807) is 0 Å². The van der Waals surface area contributed by atoms with Gasteiger partial charge in [-0.1, -0.05) is 0 Å². The topological polar surface area (TPSA) is 67.2 Å². The number of hydrogen-bond donors (Lipinski definition) is 2. The maximum atomic E-state index is 13.9. The first-order valence-corrected chi connectivity index (χ1v) is 7.69. The third-order valence-corrected chi connectivity index (χ3v) is 4.72. The summed E-state index contributed by atoms with van der Waals surface area (Å²) in [5.74, 6) is -0.961. The quantitative estimate of drug-likeness (QED) is 0.824. The van der Waals surface area contributed by atoms with Gasteiger partial charge in [0.2, 0.25) is 0 Å². The number of halogens is 4. The Bertz CT molecular complexity index is 709. The lowest BCUT2D eigenvalue weighted by Crippen LogP contribution is -2.47. The Balaban J connectivity index is 0.00000113. The highest BCUT2D eigenvalue weighted by Gasteiger charge is 2.36. The molecule has 3 atom stereocenters. The molecule has 0 radical (unpaired) electrons. The maximum Gasteiger partial charge on any atom is 0.129 e. The van der Waals surface area contributed by atoms with Gasteiger partial charge in [0.15, 0.2) is 0 Å². The van der Waals surface area contributed by atoms with Crippen LogP contribution in [-0.2, 0) is 17.8 Å². The summed E-state index contributed by atoms with van der Waals surface area (Å²) in [7, 11) is 0. The van der Waals surface area contributed by atoms with Gasteiger partial charge >= 0.3 is 0 Å². The molecule has 9 heteroatoms. The van der Waals surface area contributed by atoms with Crippen molar-refractivity contribution in [3.05, 3.63) is 52.9 Å². The number of ether oxygens (including phenoxy) is 1. The molecule has 25 heavy (non-hydrogen) atoms. The molecule has 2 aromatic rings. The van der Waals surface area contributed by atoms with E-state index in [9.17, 15) is 8.78 Å². The minimum absolute atomic E-state index is 0. The van der Waals surface area contributed by atoms with Crippen LogP contribution in [0.2, 0.25) is 0 Å². The molecule has 0 bridgehead atoms. The van der Waals surface area contributed by atoms with Crippen molar-refractivity contribution < 1.29 is 13.5 Å². The average Bonchev–Trinajstić information content (AvgIpc) is 3.11. The van der Waals surface area contributed by atoms with Gasteiger partial charge in [0.1, 0.15) is 17.7 Å². The first kappa shape index (κ1) is 20.1. The lowest BCUT2D eigenvalue weighted by Gasteiger charge is -2.38. The van der Waals surface area contributed by atoms with Gasteiger partial charge in [0.05, 0.1) is 18.5 Å². The molecule has 0 saturated carbocycles. The van der Waals surface area contributed by atoms with Crippen LogP contribution in [0.4, 0.5) is 8.78 Å². The molecule has 2 aliphatic rings. The highest BCUT2D eigenvalue weighted by atomic mass is 35.5. The van der Waals surface area contributed by atoms with Gasteiger partial charge in [-0.15, -0.1) is 24.8 Å². The second kappa shape index (κ2) is 7.97. The van der Waals surface area contributed by atoms with Gasteiger partial charge in [-0.2, -0.15) is 5.10 Å². The van der Waals surface area contributed by atoms with Crippen molar-refractivity contribution in [2.75, 3.05) is 6.61 Å². The number of benzene rings is 1. The second-order valence-corrected chi connectivity index (χ2v) is 6.25. The van der Waals surface area contributed by atoms with Crippen molar-refractivity contribution in [2.45, 2.75) is 37.7 Å². The summed E-state index contributed by atoms with van der Waals surface area (Å²) in [5, 5.41) is 7.01. The zero-order valence-electron chi connectivity index (χ0n) is 13.3. The van der Waals surface area contributed by atoms with E-state index in [0.29, 0.717) is 13.0 Å². The molecule has 0 spiro atoms. The molecule has 3 N–H and O–H groups in total. The van der Waals surface area contributed by atoms with Crippen LogP contribution in [0, 0.1) is 11.6 Å². The third kappa shape index (κ3) is 3.80. The first-order valence-electron chi connectivity index (χ1n) is 7.69. The number of fused-ring (bicyclic) bond motifs is 1. The van der Waals surface area contributed by atoms with Crippen molar-refractivity contribution in [3.63, 3.8) is 0 Å². The number of aromatic amines is 1. The Morgan fingerprint density at radius 1 is 1.24 bits per heavy atom. The molecule has 1 saturated heterocycles. The Morgan fingerprint density at radius 2 is 2.04 bits per heavy atom. The molecule has 0 amide bonds. The van der Waals surface area contributed by atoms with Gasteiger partial charge < -0.3 is 10.5 Å². The first-order chi connectivity index (χ1) is 11.1. The van der Waals surface area contributed by atoms with E-state index in [4.69, 9.17) is 10.5 Å². The lowest BCUT2D eigenvalue weighted by molar-refractivity contribution is -0.0533. The Kier molecular flexibility index (Phi) is 6.40. The fraction of sp³-hybridized carbons (Fsp3) is 0.438. The highest BCUT2D eigenvalue weighted by molar-refractivity contribution is 5.85. The monoisotopic (exact) mass is 392 g/mol. The van der Waals surface area contributed by atoms with Crippen LogP contribution < -0.4 is 5.73 Å². The van der Waals surface area contributed by atoms with E-state index in [1.165, 1.54) is 11.6 Å². The van der Waals surface area contributed by atoms with Gasteiger partial charge in [-0.05, 0) is 24.6 Å². The highest BCUT2D eigenvalue weighted by Crippen LogP contribution is 2.33.